The van der Waals surface area contributed by atoms with Crippen molar-refractivity contribution in [2.45, 2.75) is 13.5 Å². The number of anilines is 1. The Morgan fingerprint density at radius 3 is 2.72 bits per heavy atom. The molecular formula is C16H24N8O. The van der Waals surface area contributed by atoms with Gasteiger partial charge >= 0.3 is 0 Å². The number of hydrogen-bond acceptors (Lipinski definition) is 4. The highest BCUT2D eigenvalue weighted by Crippen LogP contribution is 2.15. The fourth-order valence-corrected chi connectivity index (χ4v) is 2.88. The van der Waals surface area contributed by atoms with Gasteiger partial charge in [0, 0.05) is 46.1 Å². The summed E-state index contributed by atoms with van der Waals surface area (Å²) in [4.78, 5) is 20.5. The van der Waals surface area contributed by atoms with Crippen molar-refractivity contribution in [1.29, 1.82) is 0 Å². The van der Waals surface area contributed by atoms with Crippen LogP contribution in [0.3, 0.4) is 0 Å². The average molecular weight is 344 g/mol. The van der Waals surface area contributed by atoms with E-state index in [2.05, 4.69) is 20.5 Å². The highest BCUT2D eigenvalue weighted by atomic mass is 16.2. The zero-order valence-corrected chi connectivity index (χ0v) is 14.9. The van der Waals surface area contributed by atoms with Crippen molar-refractivity contribution in [3.05, 3.63) is 30.4 Å². The van der Waals surface area contributed by atoms with Gasteiger partial charge in [-0.25, -0.2) is 0 Å². The summed E-state index contributed by atoms with van der Waals surface area (Å²) in [5.41, 5.74) is 1.98. The summed E-state index contributed by atoms with van der Waals surface area (Å²) in [6.45, 7) is 5.10. The van der Waals surface area contributed by atoms with Crippen LogP contribution in [0.25, 0.3) is 0 Å². The second kappa shape index (κ2) is 7.37. The minimum absolute atomic E-state index is 0.0462. The van der Waals surface area contributed by atoms with Crippen molar-refractivity contribution < 1.29 is 4.79 Å². The highest BCUT2D eigenvalue weighted by molar-refractivity contribution is 5.98. The maximum absolute atomic E-state index is 12.5. The molecule has 0 spiro atoms. The van der Waals surface area contributed by atoms with Crippen LogP contribution in [-0.2, 0) is 18.4 Å². The Bertz CT molecular complexity index is 762. The lowest BCUT2D eigenvalue weighted by atomic mass is 10.3. The lowest BCUT2D eigenvalue weighted by molar-refractivity contribution is -0.120. The van der Waals surface area contributed by atoms with Gasteiger partial charge in [0.25, 0.3) is 0 Å². The Morgan fingerprint density at radius 1 is 1.28 bits per heavy atom. The maximum atomic E-state index is 12.5. The molecule has 1 aliphatic rings. The molecule has 2 aromatic heterocycles. The second-order valence-corrected chi connectivity index (χ2v) is 6.09. The van der Waals surface area contributed by atoms with Crippen molar-refractivity contribution in [3.8, 4) is 0 Å². The van der Waals surface area contributed by atoms with Crippen molar-refractivity contribution in [2.75, 3.05) is 38.1 Å². The predicted octanol–water partition coefficient (Wildman–Crippen LogP) is -0.151. The summed E-state index contributed by atoms with van der Waals surface area (Å²) in [5.74, 6) is 0.785. The molecule has 1 aliphatic heterocycles. The first-order chi connectivity index (χ1) is 12.1. The number of amides is 1. The van der Waals surface area contributed by atoms with Gasteiger partial charge in [-0.3, -0.25) is 19.2 Å². The Morgan fingerprint density at radius 2 is 2.12 bits per heavy atom. The molecule has 25 heavy (non-hydrogen) atoms. The molecule has 0 atom stereocenters. The zero-order valence-electron chi connectivity index (χ0n) is 14.9. The van der Waals surface area contributed by atoms with Crippen LogP contribution in [0.2, 0.25) is 0 Å². The molecule has 0 saturated carbocycles. The molecule has 9 nitrogen and oxygen atoms in total. The Balaban J connectivity index is 1.53. The molecule has 0 aromatic carbocycles. The number of aromatic nitrogens is 4. The van der Waals surface area contributed by atoms with Crippen LogP contribution in [-0.4, -0.2) is 69.6 Å². The summed E-state index contributed by atoms with van der Waals surface area (Å²) in [7, 11) is 3.58. The van der Waals surface area contributed by atoms with E-state index in [1.54, 1.807) is 22.8 Å². The summed E-state index contributed by atoms with van der Waals surface area (Å²) in [6, 6.07) is 0. The third kappa shape index (κ3) is 3.98. The molecule has 1 fully saturated rings. The lowest BCUT2D eigenvalue weighted by Gasteiger charge is -2.35. The van der Waals surface area contributed by atoms with Crippen LogP contribution in [0.5, 0.6) is 0 Å². The molecule has 0 bridgehead atoms. The topological polar surface area (TPSA) is 83.6 Å². The Kier molecular flexibility index (Phi) is 5.01. The molecule has 3 rings (SSSR count). The van der Waals surface area contributed by atoms with E-state index in [9.17, 15) is 4.79 Å². The smallest absolute Gasteiger partial charge is 0.246 e. The molecule has 0 unspecified atom stereocenters. The van der Waals surface area contributed by atoms with Gasteiger partial charge in [0.15, 0.2) is 5.96 Å². The first kappa shape index (κ1) is 17.0. The van der Waals surface area contributed by atoms with Gasteiger partial charge in [-0.05, 0) is 12.5 Å². The Labute approximate surface area is 146 Å². The third-order valence-electron chi connectivity index (χ3n) is 4.12. The largest absolute Gasteiger partial charge is 0.354 e. The summed E-state index contributed by atoms with van der Waals surface area (Å²) in [6.07, 6.45) is 7.41. The molecule has 1 amide bonds. The molecule has 0 radical (unpaired) electrons. The fraction of sp³-hybridized carbons (Fsp3) is 0.500. The minimum Gasteiger partial charge on any atom is -0.354 e. The standard InChI is InChI=1S/C16H24N8O/c1-13-8-20-23(10-13)5-4-18-16(17-2)22-6-7-24(15(25)12-22)14-9-19-21(3)11-14/h8-11H,4-7,12H2,1-3H3,(H,17,18). The molecule has 3 heterocycles. The maximum Gasteiger partial charge on any atom is 0.246 e. The molecule has 1 saturated heterocycles. The number of aliphatic imine (C=N–C) groups is 1. The number of hydrogen-bond donors (Lipinski definition) is 1. The van der Waals surface area contributed by atoms with Crippen molar-refractivity contribution >= 4 is 17.6 Å². The zero-order chi connectivity index (χ0) is 17.8. The quantitative estimate of drug-likeness (QED) is 0.616. The van der Waals surface area contributed by atoms with E-state index in [1.807, 2.05) is 42.1 Å². The lowest BCUT2D eigenvalue weighted by Crippen LogP contribution is -2.55. The van der Waals surface area contributed by atoms with E-state index >= 15 is 0 Å². The van der Waals surface area contributed by atoms with Crippen LogP contribution >= 0.6 is 0 Å². The number of aryl methyl sites for hydroxylation is 2. The van der Waals surface area contributed by atoms with Gasteiger partial charge in [-0.1, -0.05) is 0 Å². The molecule has 2 aromatic rings. The molecular weight excluding hydrogens is 320 g/mol. The number of guanidine groups is 1. The van der Waals surface area contributed by atoms with Crippen LogP contribution in [0.4, 0.5) is 5.69 Å². The first-order valence-electron chi connectivity index (χ1n) is 8.30. The van der Waals surface area contributed by atoms with E-state index in [4.69, 9.17) is 0 Å². The van der Waals surface area contributed by atoms with Crippen molar-refractivity contribution in [1.82, 2.24) is 29.8 Å². The molecule has 1 N–H and O–H groups in total. The van der Waals surface area contributed by atoms with E-state index < -0.39 is 0 Å². The summed E-state index contributed by atoms with van der Waals surface area (Å²) < 4.78 is 3.59. The molecule has 134 valence electrons. The van der Waals surface area contributed by atoms with E-state index in [1.165, 1.54) is 0 Å². The van der Waals surface area contributed by atoms with Gasteiger partial charge in [-0.2, -0.15) is 10.2 Å². The van der Waals surface area contributed by atoms with Gasteiger partial charge in [-0.15, -0.1) is 0 Å². The van der Waals surface area contributed by atoms with E-state index in [0.717, 1.165) is 30.3 Å². The van der Waals surface area contributed by atoms with Crippen LogP contribution in [0.15, 0.2) is 29.8 Å². The molecule has 0 aliphatic carbocycles. The number of rotatable bonds is 4. The van der Waals surface area contributed by atoms with Crippen molar-refractivity contribution in [2.24, 2.45) is 12.0 Å². The van der Waals surface area contributed by atoms with Gasteiger partial charge in [0.2, 0.25) is 5.91 Å². The van der Waals surface area contributed by atoms with Crippen LogP contribution in [0, 0.1) is 6.92 Å². The van der Waals surface area contributed by atoms with Gasteiger partial charge in [0.1, 0.15) is 6.54 Å². The van der Waals surface area contributed by atoms with Crippen molar-refractivity contribution in [3.63, 3.8) is 0 Å². The summed E-state index contributed by atoms with van der Waals surface area (Å²) in [5, 5.41) is 11.7. The third-order valence-corrected chi connectivity index (χ3v) is 4.12. The first-order valence-corrected chi connectivity index (χ1v) is 8.30. The van der Waals surface area contributed by atoms with Crippen LogP contribution in [0.1, 0.15) is 5.56 Å². The van der Waals surface area contributed by atoms with E-state index in [0.29, 0.717) is 19.6 Å². The number of carbonyl (C=O) groups excluding carboxylic acids is 1. The SMILES string of the molecule is CN=C(NCCn1cc(C)cn1)N1CCN(c2cnn(C)c2)C(=O)C1. The number of carbonyl (C=O) groups is 1. The number of nitrogens with one attached hydrogen (secondary N) is 1. The Hall–Kier alpha value is -2.84. The minimum atomic E-state index is 0.0462. The highest BCUT2D eigenvalue weighted by Gasteiger charge is 2.27. The predicted molar refractivity (Wildman–Crippen MR) is 95.5 cm³/mol. The van der Waals surface area contributed by atoms with E-state index in [-0.39, 0.29) is 5.91 Å². The monoisotopic (exact) mass is 344 g/mol. The second-order valence-electron chi connectivity index (χ2n) is 6.09. The summed E-state index contributed by atoms with van der Waals surface area (Å²) >= 11 is 0. The number of nitrogens with zero attached hydrogens (tertiary/aromatic N) is 7. The average Bonchev–Trinajstić information content (AvgIpc) is 3.20. The fourth-order valence-electron chi connectivity index (χ4n) is 2.88. The van der Waals surface area contributed by atoms with Gasteiger partial charge < -0.3 is 15.1 Å². The molecule has 9 heteroatoms. The van der Waals surface area contributed by atoms with Crippen LogP contribution < -0.4 is 10.2 Å². The van der Waals surface area contributed by atoms with Gasteiger partial charge in [0.05, 0.1) is 24.6 Å². The number of piperazine rings is 1. The normalized spacial score (nSPS) is 15.8.